The molecule has 1 aromatic heterocycles. The second-order valence-electron chi connectivity index (χ2n) is 8.30. The van der Waals surface area contributed by atoms with Gasteiger partial charge in [0, 0.05) is 22.7 Å². The van der Waals surface area contributed by atoms with Crippen LogP contribution in [0.15, 0.2) is 53.9 Å². The van der Waals surface area contributed by atoms with E-state index in [9.17, 15) is 9.59 Å². The average Bonchev–Trinajstić information content (AvgIpc) is 3.34. The summed E-state index contributed by atoms with van der Waals surface area (Å²) in [5.74, 6) is 0.749. The second-order valence-corrected chi connectivity index (χ2v) is 9.13. The van der Waals surface area contributed by atoms with Gasteiger partial charge in [0.05, 0.1) is 12.8 Å². The summed E-state index contributed by atoms with van der Waals surface area (Å²) < 4.78 is 5.22. The van der Waals surface area contributed by atoms with Gasteiger partial charge >= 0.3 is 12.1 Å². The van der Waals surface area contributed by atoms with Gasteiger partial charge in [-0.3, -0.25) is 0 Å². The first-order valence-corrected chi connectivity index (χ1v) is 12.2. The Kier molecular flexibility index (Phi) is 7.64. The van der Waals surface area contributed by atoms with E-state index in [0.29, 0.717) is 16.5 Å². The first-order valence-electron chi connectivity index (χ1n) is 11.4. The summed E-state index contributed by atoms with van der Waals surface area (Å²) in [6.07, 6.45) is 5.28. The van der Waals surface area contributed by atoms with Gasteiger partial charge in [-0.1, -0.05) is 37.0 Å². The minimum atomic E-state index is -0.502. The molecule has 0 saturated heterocycles. The molecule has 2 aromatic carbocycles. The molecule has 34 heavy (non-hydrogen) atoms. The highest BCUT2D eigenvalue weighted by atomic mass is 32.1. The van der Waals surface area contributed by atoms with E-state index in [1.54, 1.807) is 7.11 Å². The summed E-state index contributed by atoms with van der Waals surface area (Å²) in [4.78, 5) is 30.6. The lowest BCUT2D eigenvalue weighted by Crippen LogP contribution is -2.54. The summed E-state index contributed by atoms with van der Waals surface area (Å²) in [5.41, 5.74) is 5.99. The van der Waals surface area contributed by atoms with Gasteiger partial charge in [0.1, 0.15) is 5.75 Å². The Morgan fingerprint density at radius 3 is 2.41 bits per heavy atom. The van der Waals surface area contributed by atoms with Crippen molar-refractivity contribution in [3.8, 4) is 17.0 Å². The molecule has 0 unspecified atom stereocenters. The van der Waals surface area contributed by atoms with E-state index in [0.717, 1.165) is 47.6 Å². The van der Waals surface area contributed by atoms with Crippen LogP contribution in [0.4, 0.5) is 20.4 Å². The van der Waals surface area contributed by atoms with Crippen LogP contribution in [-0.4, -0.2) is 30.2 Å². The van der Waals surface area contributed by atoms with Crippen molar-refractivity contribution in [2.24, 2.45) is 0 Å². The number of carbonyl (C=O) groups is 2. The number of urea groups is 2. The number of carbonyl (C=O) groups excluding carboxylic acids is 2. The smallest absolute Gasteiger partial charge is 0.347 e. The summed E-state index contributed by atoms with van der Waals surface area (Å²) in [6, 6.07) is 14.2. The molecule has 0 bridgehead atoms. The molecule has 1 aliphatic carbocycles. The third-order valence-electron chi connectivity index (χ3n) is 5.73. The predicted octanol–water partition coefficient (Wildman–Crippen LogP) is 5.71. The van der Waals surface area contributed by atoms with E-state index < -0.39 is 12.1 Å². The number of nitrogens with zero attached hydrogens (tertiary/aromatic N) is 2. The zero-order valence-corrected chi connectivity index (χ0v) is 20.2. The molecule has 1 fully saturated rings. The van der Waals surface area contributed by atoms with Gasteiger partial charge in [0.2, 0.25) is 5.13 Å². The van der Waals surface area contributed by atoms with E-state index in [1.807, 2.05) is 60.8 Å². The Morgan fingerprint density at radius 2 is 1.74 bits per heavy atom. The summed E-state index contributed by atoms with van der Waals surface area (Å²) in [7, 11) is 1.62. The zero-order valence-electron chi connectivity index (χ0n) is 19.3. The lowest BCUT2D eigenvalue weighted by atomic mass is 9.96. The highest BCUT2D eigenvalue weighted by Gasteiger charge is 2.24. The average molecular weight is 480 g/mol. The van der Waals surface area contributed by atoms with Crippen LogP contribution < -0.4 is 25.8 Å². The number of anilines is 2. The minimum absolute atomic E-state index is 0.113. The highest BCUT2D eigenvalue weighted by molar-refractivity contribution is 7.14. The van der Waals surface area contributed by atoms with Crippen LogP contribution in [0.25, 0.3) is 11.3 Å². The summed E-state index contributed by atoms with van der Waals surface area (Å²) >= 11 is 1.27. The topological polar surface area (TPSA) is 95.6 Å². The predicted molar refractivity (Wildman–Crippen MR) is 135 cm³/mol. The molecule has 1 saturated carbocycles. The highest BCUT2D eigenvalue weighted by Crippen LogP contribution is 2.28. The van der Waals surface area contributed by atoms with Gasteiger partial charge in [-0.25, -0.2) is 20.0 Å². The number of hydrogen-bond acceptors (Lipinski definition) is 5. The fraction of sp³-hybridized carbons (Fsp3) is 0.320. The van der Waals surface area contributed by atoms with Crippen LogP contribution in [-0.2, 0) is 0 Å². The van der Waals surface area contributed by atoms with Crippen molar-refractivity contribution in [2.45, 2.75) is 45.1 Å². The van der Waals surface area contributed by atoms with Crippen LogP contribution >= 0.6 is 11.3 Å². The van der Waals surface area contributed by atoms with Crippen molar-refractivity contribution < 1.29 is 14.3 Å². The zero-order chi connectivity index (χ0) is 23.9. The maximum Gasteiger partial charge on any atom is 0.347 e. The molecule has 8 nitrogen and oxygen atoms in total. The molecule has 4 amide bonds. The molecule has 0 aliphatic heterocycles. The van der Waals surface area contributed by atoms with Crippen molar-refractivity contribution in [1.29, 1.82) is 0 Å². The molecule has 9 heteroatoms. The van der Waals surface area contributed by atoms with Crippen molar-refractivity contribution in [3.63, 3.8) is 0 Å². The molecule has 3 aromatic rings. The van der Waals surface area contributed by atoms with Crippen LogP contribution in [0.2, 0.25) is 0 Å². The number of rotatable bonds is 5. The Bertz CT molecular complexity index is 1110. The van der Waals surface area contributed by atoms with Gasteiger partial charge in [-0.2, -0.15) is 5.01 Å². The van der Waals surface area contributed by atoms with Crippen molar-refractivity contribution >= 4 is 34.2 Å². The van der Waals surface area contributed by atoms with Crippen LogP contribution in [0, 0.1) is 6.92 Å². The largest absolute Gasteiger partial charge is 0.497 e. The van der Waals surface area contributed by atoms with Crippen molar-refractivity contribution in [1.82, 2.24) is 15.7 Å². The molecular formula is C25H29N5O3S. The number of ether oxygens (including phenoxy) is 1. The normalized spacial score (nSPS) is 13.7. The molecule has 178 valence electrons. The molecule has 1 aliphatic rings. The van der Waals surface area contributed by atoms with E-state index in [-0.39, 0.29) is 6.04 Å². The fourth-order valence-electron chi connectivity index (χ4n) is 3.83. The lowest BCUT2D eigenvalue weighted by molar-refractivity contribution is 0.228. The van der Waals surface area contributed by atoms with E-state index in [2.05, 4.69) is 21.0 Å². The van der Waals surface area contributed by atoms with Gasteiger partial charge < -0.3 is 15.4 Å². The number of benzene rings is 2. The van der Waals surface area contributed by atoms with Crippen molar-refractivity contribution in [3.05, 3.63) is 59.5 Å². The molecule has 0 spiro atoms. The number of methoxy groups -OCH3 is 1. The Morgan fingerprint density at radius 1 is 1.03 bits per heavy atom. The third kappa shape index (κ3) is 6.05. The summed E-state index contributed by atoms with van der Waals surface area (Å²) in [5, 5.41) is 9.19. The molecule has 4 rings (SSSR count). The number of aromatic nitrogens is 1. The Labute approximate surface area is 203 Å². The van der Waals surface area contributed by atoms with E-state index >= 15 is 0 Å². The summed E-state index contributed by atoms with van der Waals surface area (Å²) in [6.45, 7) is 1.98. The quantitative estimate of drug-likeness (QED) is 0.408. The number of nitrogens with one attached hydrogen (secondary N) is 3. The molecule has 3 N–H and O–H groups in total. The maximum atomic E-state index is 13.2. The standard InChI is InChI=1S/C25H29N5O3S/c1-17-8-12-20(13-9-17)27-24(32)30(29-23(31)26-19-6-4-3-5-7-19)25-28-22(16-34-25)18-10-14-21(33-2)15-11-18/h8-16,19H,3-7H2,1-2H3,(H,27,32)(H2,26,29,31). The van der Waals surface area contributed by atoms with Crippen LogP contribution in [0.5, 0.6) is 5.75 Å². The first kappa shape index (κ1) is 23.6. The molecular weight excluding hydrogens is 450 g/mol. The van der Waals surface area contributed by atoms with E-state index in [4.69, 9.17) is 4.74 Å². The lowest BCUT2D eigenvalue weighted by Gasteiger charge is -2.26. The third-order valence-corrected chi connectivity index (χ3v) is 6.55. The minimum Gasteiger partial charge on any atom is -0.497 e. The SMILES string of the molecule is COc1ccc(-c2csc(N(NC(=O)NC3CCCCC3)C(=O)Nc3ccc(C)cc3)n2)cc1. The first-order chi connectivity index (χ1) is 16.5. The second kappa shape index (κ2) is 11.0. The van der Waals surface area contributed by atoms with Gasteiger partial charge in [0.25, 0.3) is 0 Å². The number of thiazole rings is 1. The molecule has 1 heterocycles. The monoisotopic (exact) mass is 479 g/mol. The van der Waals surface area contributed by atoms with Crippen molar-refractivity contribution in [2.75, 3.05) is 17.4 Å². The van der Waals surface area contributed by atoms with Gasteiger partial charge in [-0.05, 0) is 56.2 Å². The Balaban J connectivity index is 1.53. The number of amides is 4. The van der Waals surface area contributed by atoms with Crippen LogP contribution in [0.3, 0.4) is 0 Å². The molecule has 0 atom stereocenters. The molecule has 0 radical (unpaired) electrons. The van der Waals surface area contributed by atoms with E-state index in [1.165, 1.54) is 17.8 Å². The fourth-order valence-corrected chi connectivity index (χ4v) is 4.62. The van der Waals surface area contributed by atoms with Crippen LogP contribution in [0.1, 0.15) is 37.7 Å². The van der Waals surface area contributed by atoms with Gasteiger partial charge in [0.15, 0.2) is 0 Å². The number of hydrazine groups is 1. The maximum absolute atomic E-state index is 13.2. The number of hydrogen-bond donors (Lipinski definition) is 3. The Hall–Kier alpha value is -3.59. The number of aryl methyl sites for hydroxylation is 1. The van der Waals surface area contributed by atoms with Gasteiger partial charge in [-0.15, -0.1) is 11.3 Å².